The number of rotatable bonds is 7. The van der Waals surface area contributed by atoms with E-state index in [1.165, 1.54) is 4.88 Å². The van der Waals surface area contributed by atoms with E-state index in [1.807, 2.05) is 48.5 Å². The van der Waals surface area contributed by atoms with Crippen LogP contribution in [-0.4, -0.2) is 38.8 Å². The number of nitrogens with zero attached hydrogens (tertiary/aromatic N) is 1. The number of hydrogen-bond donors (Lipinski definition) is 2. The van der Waals surface area contributed by atoms with Gasteiger partial charge in [-0.2, -0.15) is 0 Å². The van der Waals surface area contributed by atoms with Crippen LogP contribution >= 0.6 is 11.3 Å². The molecule has 0 spiro atoms. The number of morpholine rings is 1. The molecule has 2 aromatic carbocycles. The van der Waals surface area contributed by atoms with Crippen LogP contribution < -0.4 is 15.5 Å². The SMILES string of the molecule is O=C(CN[C@@H](c1ccccc1)c1cccs1)Nc1ccc(N2CCOCC2)cc1. The Balaban J connectivity index is 1.35. The van der Waals surface area contributed by atoms with Gasteiger partial charge in [-0.1, -0.05) is 36.4 Å². The van der Waals surface area contributed by atoms with E-state index in [2.05, 4.69) is 39.1 Å². The van der Waals surface area contributed by atoms with Crippen LogP contribution in [0.3, 0.4) is 0 Å². The van der Waals surface area contributed by atoms with E-state index in [9.17, 15) is 4.79 Å². The van der Waals surface area contributed by atoms with Crippen LogP contribution in [0.15, 0.2) is 72.1 Å². The van der Waals surface area contributed by atoms with Crippen LogP contribution in [0.25, 0.3) is 0 Å². The molecule has 1 saturated heterocycles. The maximum atomic E-state index is 12.5. The highest BCUT2D eigenvalue weighted by Crippen LogP contribution is 2.25. The van der Waals surface area contributed by atoms with Crippen LogP contribution in [0.2, 0.25) is 0 Å². The molecule has 4 rings (SSSR count). The molecule has 2 heterocycles. The number of ether oxygens (including phenoxy) is 1. The summed E-state index contributed by atoms with van der Waals surface area (Å²) in [5, 5.41) is 8.44. The van der Waals surface area contributed by atoms with E-state index in [0.29, 0.717) is 0 Å². The Morgan fingerprint density at radius 2 is 1.76 bits per heavy atom. The molecule has 0 radical (unpaired) electrons. The molecule has 2 N–H and O–H groups in total. The average Bonchev–Trinajstić information content (AvgIpc) is 3.30. The Hall–Kier alpha value is -2.67. The van der Waals surface area contributed by atoms with Crippen LogP contribution in [0, 0.1) is 0 Å². The average molecular weight is 408 g/mol. The zero-order chi connectivity index (χ0) is 19.9. The molecule has 0 unspecified atom stereocenters. The van der Waals surface area contributed by atoms with Gasteiger partial charge < -0.3 is 15.0 Å². The van der Waals surface area contributed by atoms with E-state index < -0.39 is 0 Å². The number of hydrogen-bond acceptors (Lipinski definition) is 5. The van der Waals surface area contributed by atoms with Gasteiger partial charge in [0.15, 0.2) is 0 Å². The summed E-state index contributed by atoms with van der Waals surface area (Å²) in [6, 6.07) is 22.4. The predicted octanol–water partition coefficient (Wildman–Crippen LogP) is 3.90. The third kappa shape index (κ3) is 5.23. The first-order chi connectivity index (χ1) is 14.3. The first-order valence-corrected chi connectivity index (χ1v) is 10.7. The maximum absolute atomic E-state index is 12.5. The summed E-state index contributed by atoms with van der Waals surface area (Å²) < 4.78 is 5.40. The fourth-order valence-electron chi connectivity index (χ4n) is 3.46. The minimum Gasteiger partial charge on any atom is -0.378 e. The van der Waals surface area contributed by atoms with Gasteiger partial charge in [-0.3, -0.25) is 10.1 Å². The third-order valence-corrected chi connectivity index (χ3v) is 5.89. The second kappa shape index (κ2) is 9.69. The molecule has 5 nitrogen and oxygen atoms in total. The quantitative estimate of drug-likeness (QED) is 0.624. The van der Waals surface area contributed by atoms with Gasteiger partial charge in [-0.15, -0.1) is 11.3 Å². The number of benzene rings is 2. The Bertz CT molecular complexity index is 892. The summed E-state index contributed by atoms with van der Waals surface area (Å²) in [5.41, 5.74) is 3.12. The Morgan fingerprint density at radius 3 is 2.45 bits per heavy atom. The van der Waals surface area contributed by atoms with Crippen molar-refractivity contribution in [2.45, 2.75) is 6.04 Å². The van der Waals surface area contributed by atoms with Crippen molar-refractivity contribution in [2.24, 2.45) is 0 Å². The van der Waals surface area contributed by atoms with Crippen molar-refractivity contribution in [3.8, 4) is 0 Å². The lowest BCUT2D eigenvalue weighted by molar-refractivity contribution is -0.115. The minimum atomic E-state index is -0.0541. The van der Waals surface area contributed by atoms with Crippen LogP contribution in [-0.2, 0) is 9.53 Å². The molecule has 1 amide bonds. The minimum absolute atomic E-state index is 0.00523. The fourth-order valence-corrected chi connectivity index (χ4v) is 4.29. The lowest BCUT2D eigenvalue weighted by Crippen LogP contribution is -2.36. The molecule has 0 saturated carbocycles. The van der Waals surface area contributed by atoms with Crippen LogP contribution in [0.5, 0.6) is 0 Å². The second-order valence-corrected chi connectivity index (χ2v) is 7.91. The monoisotopic (exact) mass is 407 g/mol. The van der Waals surface area contributed by atoms with Crippen LogP contribution in [0.1, 0.15) is 16.5 Å². The molecule has 1 fully saturated rings. The predicted molar refractivity (Wildman–Crippen MR) is 119 cm³/mol. The Morgan fingerprint density at radius 1 is 1.00 bits per heavy atom. The number of carbonyl (C=O) groups excluding carboxylic acids is 1. The highest BCUT2D eigenvalue weighted by atomic mass is 32.1. The molecule has 1 atom stereocenters. The van der Waals surface area contributed by atoms with Crippen molar-refractivity contribution in [1.29, 1.82) is 0 Å². The van der Waals surface area contributed by atoms with Gasteiger partial charge in [0.1, 0.15) is 0 Å². The van der Waals surface area contributed by atoms with E-state index >= 15 is 0 Å². The summed E-state index contributed by atoms with van der Waals surface area (Å²) in [7, 11) is 0. The zero-order valence-corrected chi connectivity index (χ0v) is 17.0. The third-order valence-electron chi connectivity index (χ3n) is 4.95. The van der Waals surface area contributed by atoms with Gasteiger partial charge >= 0.3 is 0 Å². The molecule has 6 heteroatoms. The molecule has 3 aromatic rings. The zero-order valence-electron chi connectivity index (χ0n) is 16.2. The smallest absolute Gasteiger partial charge is 0.238 e. The van der Waals surface area contributed by atoms with Crippen molar-refractivity contribution >= 4 is 28.6 Å². The summed E-state index contributed by atoms with van der Waals surface area (Å²) in [6.07, 6.45) is 0. The lowest BCUT2D eigenvalue weighted by atomic mass is 10.1. The van der Waals surface area contributed by atoms with E-state index in [4.69, 9.17) is 4.74 Å². The van der Waals surface area contributed by atoms with Gasteiger partial charge in [0, 0.05) is 29.3 Å². The topological polar surface area (TPSA) is 53.6 Å². The summed E-state index contributed by atoms with van der Waals surface area (Å²) in [6.45, 7) is 3.56. The van der Waals surface area contributed by atoms with Crippen LogP contribution in [0.4, 0.5) is 11.4 Å². The molecule has 1 aliphatic rings. The van der Waals surface area contributed by atoms with E-state index in [-0.39, 0.29) is 18.5 Å². The van der Waals surface area contributed by atoms with Gasteiger partial charge in [-0.25, -0.2) is 0 Å². The number of thiophene rings is 1. The Labute approximate surface area is 175 Å². The molecule has 0 aliphatic carbocycles. The van der Waals surface area contributed by atoms with Crippen molar-refractivity contribution in [1.82, 2.24) is 5.32 Å². The fraction of sp³-hybridized carbons (Fsp3) is 0.261. The molecule has 1 aliphatic heterocycles. The number of amides is 1. The molecule has 1 aromatic heterocycles. The summed E-state index contributed by atoms with van der Waals surface area (Å²) in [5.74, 6) is -0.0541. The molecule has 0 bridgehead atoms. The van der Waals surface area contributed by atoms with E-state index in [0.717, 1.165) is 43.2 Å². The molecule has 29 heavy (non-hydrogen) atoms. The van der Waals surface area contributed by atoms with Crippen molar-refractivity contribution in [3.05, 3.63) is 82.6 Å². The standard InChI is InChI=1S/C23H25N3O2S/c27-22(25-19-8-10-20(11-9-19)26-12-14-28-15-13-26)17-24-23(21-7-4-16-29-21)18-5-2-1-3-6-18/h1-11,16,23-24H,12-15,17H2,(H,25,27)/t23-/m0/s1. The number of anilines is 2. The van der Waals surface area contributed by atoms with Gasteiger partial charge in [0.05, 0.1) is 25.8 Å². The highest BCUT2D eigenvalue weighted by molar-refractivity contribution is 7.10. The lowest BCUT2D eigenvalue weighted by Gasteiger charge is -2.28. The second-order valence-electron chi connectivity index (χ2n) is 6.93. The first-order valence-electron chi connectivity index (χ1n) is 9.84. The van der Waals surface area contributed by atoms with Gasteiger partial charge in [0.2, 0.25) is 5.91 Å². The molecular weight excluding hydrogens is 382 g/mol. The van der Waals surface area contributed by atoms with Crippen molar-refractivity contribution < 1.29 is 9.53 Å². The first kappa shape index (κ1) is 19.6. The highest BCUT2D eigenvalue weighted by Gasteiger charge is 2.16. The molecule has 150 valence electrons. The number of nitrogens with one attached hydrogen (secondary N) is 2. The summed E-state index contributed by atoms with van der Waals surface area (Å²) >= 11 is 1.69. The normalized spacial score (nSPS) is 15.1. The Kier molecular flexibility index (Phi) is 6.56. The van der Waals surface area contributed by atoms with Gasteiger partial charge in [-0.05, 0) is 41.3 Å². The maximum Gasteiger partial charge on any atom is 0.238 e. The largest absolute Gasteiger partial charge is 0.378 e. The summed E-state index contributed by atoms with van der Waals surface area (Å²) in [4.78, 5) is 16.0. The number of carbonyl (C=O) groups is 1. The van der Waals surface area contributed by atoms with Crippen molar-refractivity contribution in [2.75, 3.05) is 43.1 Å². The van der Waals surface area contributed by atoms with Gasteiger partial charge in [0.25, 0.3) is 0 Å². The van der Waals surface area contributed by atoms with E-state index in [1.54, 1.807) is 11.3 Å². The van der Waals surface area contributed by atoms with Crippen molar-refractivity contribution in [3.63, 3.8) is 0 Å². The molecular formula is C23H25N3O2S.